The van der Waals surface area contributed by atoms with Gasteiger partial charge in [0.25, 0.3) is 5.71 Å². The number of nitrogens with zero attached hydrogens (tertiary/aromatic N) is 3. The van der Waals surface area contributed by atoms with Crippen molar-refractivity contribution in [2.75, 3.05) is 0 Å². The van der Waals surface area contributed by atoms with Crippen molar-refractivity contribution in [2.24, 2.45) is 0 Å². The molecular formula is C8H9N3O. The van der Waals surface area contributed by atoms with Crippen molar-refractivity contribution in [3.05, 3.63) is 17.7 Å². The Morgan fingerprint density at radius 3 is 3.00 bits per heavy atom. The minimum atomic E-state index is 0.583. The molecule has 0 N–H and O–H groups in total. The van der Waals surface area contributed by atoms with E-state index in [1.54, 1.807) is 0 Å². The van der Waals surface area contributed by atoms with Crippen molar-refractivity contribution in [3.63, 3.8) is 0 Å². The summed E-state index contributed by atoms with van der Waals surface area (Å²) in [5, 5.41) is 4.79. The molecule has 0 spiro atoms. The third kappa shape index (κ3) is 0.879. The maximum atomic E-state index is 4.99. The van der Waals surface area contributed by atoms with Crippen LogP contribution in [0.15, 0.2) is 10.9 Å². The lowest BCUT2D eigenvalue weighted by Gasteiger charge is -1.94. The standard InChI is InChI=1S/C8H9N3O/c1-3-6-7-5(2)11-12-8(7)10-4-9-6/h4H,3H2,1-2H3. The van der Waals surface area contributed by atoms with Crippen LogP contribution >= 0.6 is 0 Å². The van der Waals surface area contributed by atoms with E-state index in [9.17, 15) is 0 Å². The van der Waals surface area contributed by atoms with Crippen LogP contribution in [0.4, 0.5) is 0 Å². The summed E-state index contributed by atoms with van der Waals surface area (Å²) in [5.41, 5.74) is 2.44. The van der Waals surface area contributed by atoms with E-state index in [0.29, 0.717) is 5.71 Å². The molecule has 2 aromatic rings. The van der Waals surface area contributed by atoms with Gasteiger partial charge in [0.05, 0.1) is 16.8 Å². The summed E-state index contributed by atoms with van der Waals surface area (Å²) < 4.78 is 4.99. The Labute approximate surface area is 69.6 Å². The SMILES string of the molecule is CCc1ncnc2onc(C)c12. The lowest BCUT2D eigenvalue weighted by atomic mass is 10.2. The van der Waals surface area contributed by atoms with E-state index in [0.717, 1.165) is 23.2 Å². The maximum Gasteiger partial charge on any atom is 0.261 e. The molecule has 2 aromatic heterocycles. The second-order valence-corrected chi connectivity index (χ2v) is 2.62. The third-order valence-corrected chi connectivity index (χ3v) is 1.86. The molecule has 0 amide bonds. The molecule has 62 valence electrons. The highest BCUT2D eigenvalue weighted by atomic mass is 16.5. The highest BCUT2D eigenvalue weighted by molar-refractivity contribution is 5.77. The number of aryl methyl sites for hydroxylation is 2. The molecule has 0 radical (unpaired) electrons. The molecule has 0 aliphatic carbocycles. The van der Waals surface area contributed by atoms with Crippen LogP contribution in [0.25, 0.3) is 11.1 Å². The van der Waals surface area contributed by atoms with Crippen LogP contribution in [0.3, 0.4) is 0 Å². The van der Waals surface area contributed by atoms with Crippen molar-refractivity contribution in [1.82, 2.24) is 15.1 Å². The number of hydrogen-bond donors (Lipinski definition) is 0. The van der Waals surface area contributed by atoms with Gasteiger partial charge in [-0.05, 0) is 13.3 Å². The summed E-state index contributed by atoms with van der Waals surface area (Å²) >= 11 is 0. The van der Waals surface area contributed by atoms with Crippen LogP contribution < -0.4 is 0 Å². The fourth-order valence-corrected chi connectivity index (χ4v) is 1.26. The van der Waals surface area contributed by atoms with Gasteiger partial charge in [-0.3, -0.25) is 0 Å². The molecule has 0 fully saturated rings. The van der Waals surface area contributed by atoms with Gasteiger partial charge in [0.1, 0.15) is 6.33 Å². The predicted octanol–water partition coefficient (Wildman–Crippen LogP) is 1.49. The molecule has 0 aliphatic rings. The zero-order chi connectivity index (χ0) is 8.55. The maximum absolute atomic E-state index is 4.99. The summed E-state index contributed by atoms with van der Waals surface area (Å²) in [6.45, 7) is 3.95. The van der Waals surface area contributed by atoms with E-state index in [1.807, 2.05) is 13.8 Å². The molecule has 0 bridgehead atoms. The van der Waals surface area contributed by atoms with E-state index in [1.165, 1.54) is 6.33 Å². The molecule has 12 heavy (non-hydrogen) atoms. The minimum Gasteiger partial charge on any atom is -0.335 e. The Bertz CT molecular complexity index is 408. The van der Waals surface area contributed by atoms with Crippen molar-refractivity contribution in [3.8, 4) is 0 Å². The number of rotatable bonds is 1. The molecule has 2 rings (SSSR count). The van der Waals surface area contributed by atoms with Crippen LogP contribution in [0, 0.1) is 6.92 Å². The number of fused-ring (bicyclic) bond motifs is 1. The largest absolute Gasteiger partial charge is 0.335 e. The lowest BCUT2D eigenvalue weighted by molar-refractivity contribution is 0.442. The Kier molecular flexibility index (Phi) is 1.53. The molecule has 0 aromatic carbocycles. The van der Waals surface area contributed by atoms with Crippen LogP contribution in [-0.2, 0) is 6.42 Å². The summed E-state index contributed by atoms with van der Waals surface area (Å²) in [6, 6.07) is 0. The molecule has 0 saturated heterocycles. The van der Waals surface area contributed by atoms with Gasteiger partial charge in [-0.1, -0.05) is 12.1 Å². The van der Waals surface area contributed by atoms with Gasteiger partial charge in [-0.15, -0.1) is 0 Å². The van der Waals surface area contributed by atoms with Crippen molar-refractivity contribution < 1.29 is 4.52 Å². The zero-order valence-electron chi connectivity index (χ0n) is 7.03. The smallest absolute Gasteiger partial charge is 0.261 e. The third-order valence-electron chi connectivity index (χ3n) is 1.86. The highest BCUT2D eigenvalue weighted by Gasteiger charge is 2.09. The monoisotopic (exact) mass is 163 g/mol. The Morgan fingerprint density at radius 1 is 1.42 bits per heavy atom. The van der Waals surface area contributed by atoms with E-state index in [2.05, 4.69) is 15.1 Å². The lowest BCUT2D eigenvalue weighted by Crippen LogP contribution is -1.89. The van der Waals surface area contributed by atoms with Crippen molar-refractivity contribution in [1.29, 1.82) is 0 Å². The first kappa shape index (κ1) is 7.21. The van der Waals surface area contributed by atoms with Gasteiger partial charge in [-0.25, -0.2) is 4.98 Å². The molecular weight excluding hydrogens is 154 g/mol. The van der Waals surface area contributed by atoms with Crippen molar-refractivity contribution >= 4 is 11.1 Å². The zero-order valence-corrected chi connectivity index (χ0v) is 7.03. The van der Waals surface area contributed by atoms with Gasteiger partial charge in [0.2, 0.25) is 0 Å². The van der Waals surface area contributed by atoms with Gasteiger partial charge in [0, 0.05) is 0 Å². The topological polar surface area (TPSA) is 51.8 Å². The molecule has 0 unspecified atom stereocenters. The van der Waals surface area contributed by atoms with Crippen LogP contribution in [0.1, 0.15) is 18.3 Å². The first-order valence-corrected chi connectivity index (χ1v) is 3.88. The van der Waals surface area contributed by atoms with E-state index < -0.39 is 0 Å². The second-order valence-electron chi connectivity index (χ2n) is 2.62. The minimum absolute atomic E-state index is 0.583. The van der Waals surface area contributed by atoms with Crippen LogP contribution in [0.5, 0.6) is 0 Å². The Hall–Kier alpha value is -1.45. The first-order valence-electron chi connectivity index (χ1n) is 3.88. The summed E-state index contributed by atoms with van der Waals surface area (Å²) in [6.07, 6.45) is 2.38. The Morgan fingerprint density at radius 2 is 2.25 bits per heavy atom. The number of aromatic nitrogens is 3. The normalized spacial score (nSPS) is 10.8. The second kappa shape index (κ2) is 2.55. The Balaban J connectivity index is 2.84. The first-order chi connectivity index (χ1) is 5.83. The van der Waals surface area contributed by atoms with E-state index in [4.69, 9.17) is 4.52 Å². The van der Waals surface area contributed by atoms with Crippen LogP contribution in [0.2, 0.25) is 0 Å². The molecule has 0 saturated carbocycles. The van der Waals surface area contributed by atoms with Gasteiger partial charge < -0.3 is 4.52 Å². The van der Waals surface area contributed by atoms with Gasteiger partial charge in [-0.2, -0.15) is 4.98 Å². The summed E-state index contributed by atoms with van der Waals surface area (Å²) in [5.74, 6) is 0. The number of hydrogen-bond acceptors (Lipinski definition) is 4. The summed E-state index contributed by atoms with van der Waals surface area (Å²) in [4.78, 5) is 8.12. The van der Waals surface area contributed by atoms with Crippen molar-refractivity contribution in [2.45, 2.75) is 20.3 Å². The fourth-order valence-electron chi connectivity index (χ4n) is 1.26. The molecule has 4 nitrogen and oxygen atoms in total. The fraction of sp³-hybridized carbons (Fsp3) is 0.375. The van der Waals surface area contributed by atoms with Gasteiger partial charge >= 0.3 is 0 Å². The highest BCUT2D eigenvalue weighted by Crippen LogP contribution is 2.17. The van der Waals surface area contributed by atoms with E-state index in [-0.39, 0.29) is 0 Å². The predicted molar refractivity (Wildman–Crippen MR) is 43.7 cm³/mol. The molecule has 0 aliphatic heterocycles. The average Bonchev–Trinajstić information content (AvgIpc) is 2.48. The molecule has 4 heteroatoms. The van der Waals surface area contributed by atoms with Crippen LogP contribution in [-0.4, -0.2) is 15.1 Å². The summed E-state index contributed by atoms with van der Waals surface area (Å²) in [7, 11) is 0. The van der Waals surface area contributed by atoms with Gasteiger partial charge in [0.15, 0.2) is 0 Å². The molecule has 2 heterocycles. The van der Waals surface area contributed by atoms with E-state index >= 15 is 0 Å². The average molecular weight is 163 g/mol. The quantitative estimate of drug-likeness (QED) is 0.639. The molecule has 0 atom stereocenters.